The molecule has 0 radical (unpaired) electrons. The third-order valence-electron chi connectivity index (χ3n) is 4.87. The summed E-state index contributed by atoms with van der Waals surface area (Å²) in [6.45, 7) is 12.5. The van der Waals surface area contributed by atoms with Gasteiger partial charge in [-0.25, -0.2) is 4.68 Å². The number of hydrogen-bond acceptors (Lipinski definition) is 4. The summed E-state index contributed by atoms with van der Waals surface area (Å²) in [4.78, 5) is 2.28. The predicted molar refractivity (Wildman–Crippen MR) is 121 cm³/mol. The normalized spacial score (nSPS) is 12.5. The van der Waals surface area contributed by atoms with E-state index in [9.17, 15) is 5.11 Å². The second-order valence-electron chi connectivity index (χ2n) is 8.47. The van der Waals surface area contributed by atoms with Crippen molar-refractivity contribution in [1.82, 2.24) is 14.7 Å². The molecule has 0 fully saturated rings. The van der Waals surface area contributed by atoms with Crippen LogP contribution in [0.5, 0.6) is 11.6 Å². The van der Waals surface area contributed by atoms with Crippen LogP contribution in [0.15, 0.2) is 54.6 Å². The van der Waals surface area contributed by atoms with Crippen molar-refractivity contribution in [3.05, 3.63) is 71.4 Å². The minimum absolute atomic E-state index is 0.394. The molecule has 0 bridgehead atoms. The van der Waals surface area contributed by atoms with Crippen LogP contribution in [0, 0.1) is 19.8 Å². The third-order valence-corrected chi connectivity index (χ3v) is 4.87. The van der Waals surface area contributed by atoms with Crippen molar-refractivity contribution in [3.63, 3.8) is 0 Å². The zero-order valence-electron chi connectivity index (χ0n) is 18.7. The van der Waals surface area contributed by atoms with Gasteiger partial charge in [-0.3, -0.25) is 4.90 Å². The van der Waals surface area contributed by atoms with E-state index in [0.29, 0.717) is 19.0 Å². The van der Waals surface area contributed by atoms with Crippen molar-refractivity contribution >= 4 is 0 Å². The van der Waals surface area contributed by atoms with E-state index in [2.05, 4.69) is 31.7 Å². The molecule has 160 valence electrons. The third kappa shape index (κ3) is 5.71. The molecule has 1 atom stereocenters. The highest BCUT2D eigenvalue weighted by molar-refractivity contribution is 5.43. The summed E-state index contributed by atoms with van der Waals surface area (Å²) in [6.07, 6.45) is -0.394. The van der Waals surface area contributed by atoms with Crippen molar-refractivity contribution in [2.45, 2.75) is 47.3 Å². The SMILES string of the molecule is Cc1cccc(Oc2c(CN(CC(C)C)C[C@@H](C)O)c(C)nn2-c2ccccc2)c1. The number of nitrogens with zero attached hydrogens (tertiary/aromatic N) is 3. The molecule has 0 spiro atoms. The lowest BCUT2D eigenvalue weighted by atomic mass is 10.1. The minimum atomic E-state index is -0.394. The van der Waals surface area contributed by atoms with Crippen molar-refractivity contribution in [1.29, 1.82) is 0 Å². The second-order valence-corrected chi connectivity index (χ2v) is 8.47. The average molecular weight is 408 g/mol. The van der Waals surface area contributed by atoms with Gasteiger partial charge in [0.25, 0.3) is 0 Å². The monoisotopic (exact) mass is 407 g/mol. The van der Waals surface area contributed by atoms with Gasteiger partial charge in [0.15, 0.2) is 0 Å². The van der Waals surface area contributed by atoms with Gasteiger partial charge in [-0.05, 0) is 56.5 Å². The lowest BCUT2D eigenvalue weighted by molar-refractivity contribution is 0.114. The highest BCUT2D eigenvalue weighted by Gasteiger charge is 2.22. The van der Waals surface area contributed by atoms with Gasteiger partial charge in [-0.15, -0.1) is 0 Å². The van der Waals surface area contributed by atoms with Crippen LogP contribution < -0.4 is 4.74 Å². The molecule has 0 saturated carbocycles. The van der Waals surface area contributed by atoms with Crippen LogP contribution in [-0.2, 0) is 6.54 Å². The molecule has 0 aliphatic rings. The Kier molecular flexibility index (Phi) is 7.29. The number of aryl methyl sites for hydroxylation is 2. The van der Waals surface area contributed by atoms with E-state index in [1.165, 1.54) is 0 Å². The quantitative estimate of drug-likeness (QED) is 0.535. The van der Waals surface area contributed by atoms with Gasteiger partial charge >= 0.3 is 0 Å². The second kappa shape index (κ2) is 9.92. The van der Waals surface area contributed by atoms with E-state index in [1.54, 1.807) is 0 Å². The van der Waals surface area contributed by atoms with Gasteiger partial charge in [0.05, 0.1) is 23.0 Å². The Balaban J connectivity index is 2.03. The molecule has 0 saturated heterocycles. The maximum absolute atomic E-state index is 10.0. The highest BCUT2D eigenvalue weighted by atomic mass is 16.5. The molecule has 1 N–H and O–H groups in total. The van der Waals surface area contributed by atoms with E-state index in [0.717, 1.165) is 40.7 Å². The maximum Gasteiger partial charge on any atom is 0.227 e. The zero-order chi connectivity index (χ0) is 21.7. The first kappa shape index (κ1) is 22.1. The molecular weight excluding hydrogens is 374 g/mol. The maximum atomic E-state index is 10.0. The Bertz CT molecular complexity index is 938. The van der Waals surface area contributed by atoms with Crippen LogP contribution in [0.1, 0.15) is 37.6 Å². The van der Waals surface area contributed by atoms with Gasteiger partial charge in [0, 0.05) is 19.6 Å². The Hall–Kier alpha value is -2.63. The average Bonchev–Trinajstić information content (AvgIpc) is 2.97. The molecule has 0 aliphatic carbocycles. The van der Waals surface area contributed by atoms with E-state index in [1.807, 2.05) is 67.1 Å². The van der Waals surface area contributed by atoms with Gasteiger partial charge in [-0.1, -0.05) is 44.2 Å². The fourth-order valence-corrected chi connectivity index (χ4v) is 3.68. The fourth-order valence-electron chi connectivity index (χ4n) is 3.68. The summed E-state index contributed by atoms with van der Waals surface area (Å²) in [6, 6.07) is 18.1. The van der Waals surface area contributed by atoms with Crippen LogP contribution in [0.25, 0.3) is 5.69 Å². The van der Waals surface area contributed by atoms with Crippen molar-refractivity contribution in [2.75, 3.05) is 13.1 Å². The van der Waals surface area contributed by atoms with Crippen molar-refractivity contribution in [3.8, 4) is 17.3 Å². The molecule has 3 aromatic rings. The summed E-state index contributed by atoms with van der Waals surface area (Å²) >= 11 is 0. The highest BCUT2D eigenvalue weighted by Crippen LogP contribution is 2.32. The number of para-hydroxylation sites is 1. The van der Waals surface area contributed by atoms with Crippen LogP contribution in [0.2, 0.25) is 0 Å². The molecule has 0 amide bonds. The van der Waals surface area contributed by atoms with E-state index < -0.39 is 6.10 Å². The molecule has 2 aromatic carbocycles. The van der Waals surface area contributed by atoms with E-state index >= 15 is 0 Å². The fraction of sp³-hybridized carbons (Fsp3) is 0.400. The summed E-state index contributed by atoms with van der Waals surface area (Å²) in [5, 5.41) is 14.8. The van der Waals surface area contributed by atoms with Gasteiger partial charge in [0.2, 0.25) is 5.88 Å². The Morgan fingerprint density at radius 1 is 1.00 bits per heavy atom. The number of aromatic nitrogens is 2. The van der Waals surface area contributed by atoms with Crippen molar-refractivity contribution < 1.29 is 9.84 Å². The number of rotatable bonds is 9. The minimum Gasteiger partial charge on any atom is -0.439 e. The summed E-state index contributed by atoms with van der Waals surface area (Å²) in [7, 11) is 0. The predicted octanol–water partition coefficient (Wildman–Crippen LogP) is 5.12. The smallest absolute Gasteiger partial charge is 0.227 e. The molecule has 1 aromatic heterocycles. The summed E-state index contributed by atoms with van der Waals surface area (Å²) in [5.74, 6) is 2.01. The van der Waals surface area contributed by atoms with Crippen LogP contribution in [0.3, 0.4) is 0 Å². The molecule has 5 nitrogen and oxygen atoms in total. The molecule has 30 heavy (non-hydrogen) atoms. The first-order chi connectivity index (χ1) is 14.3. The van der Waals surface area contributed by atoms with Crippen molar-refractivity contribution in [2.24, 2.45) is 5.92 Å². The molecule has 1 heterocycles. The Morgan fingerprint density at radius 2 is 1.73 bits per heavy atom. The number of aliphatic hydroxyl groups is 1. The number of aliphatic hydroxyl groups excluding tert-OH is 1. The van der Waals surface area contributed by atoms with Gasteiger partial charge in [-0.2, -0.15) is 5.10 Å². The molecule has 3 rings (SSSR count). The van der Waals surface area contributed by atoms with Crippen LogP contribution in [-0.4, -0.2) is 39.0 Å². The topological polar surface area (TPSA) is 50.5 Å². The summed E-state index contributed by atoms with van der Waals surface area (Å²) in [5.41, 5.74) is 4.08. The number of hydrogen-bond donors (Lipinski definition) is 1. The Morgan fingerprint density at radius 3 is 2.37 bits per heavy atom. The van der Waals surface area contributed by atoms with Gasteiger partial charge in [0.1, 0.15) is 5.75 Å². The lowest BCUT2D eigenvalue weighted by Crippen LogP contribution is -2.33. The van der Waals surface area contributed by atoms with Crippen LogP contribution in [0.4, 0.5) is 0 Å². The summed E-state index contributed by atoms with van der Waals surface area (Å²) < 4.78 is 8.30. The molecule has 0 unspecified atom stereocenters. The van der Waals surface area contributed by atoms with E-state index in [4.69, 9.17) is 9.84 Å². The largest absolute Gasteiger partial charge is 0.439 e. The lowest BCUT2D eigenvalue weighted by Gasteiger charge is -2.26. The molecule has 0 aliphatic heterocycles. The molecule has 5 heteroatoms. The standard InChI is InChI=1S/C25H33N3O2/c1-18(2)15-27(16-20(4)29)17-24-21(5)26-28(22-11-7-6-8-12-22)25(24)30-23-13-9-10-19(3)14-23/h6-14,18,20,29H,15-17H2,1-5H3/t20-/m1/s1. The zero-order valence-corrected chi connectivity index (χ0v) is 18.7. The van der Waals surface area contributed by atoms with Crippen LogP contribution >= 0.6 is 0 Å². The Labute approximate surface area is 179 Å². The first-order valence-corrected chi connectivity index (χ1v) is 10.6. The van der Waals surface area contributed by atoms with E-state index in [-0.39, 0.29) is 0 Å². The first-order valence-electron chi connectivity index (χ1n) is 10.6. The van der Waals surface area contributed by atoms with Gasteiger partial charge < -0.3 is 9.84 Å². The number of ether oxygens (including phenoxy) is 1. The number of benzene rings is 2. The molecular formula is C25H33N3O2.